The molecule has 0 spiro atoms. The summed E-state index contributed by atoms with van der Waals surface area (Å²) in [5.74, 6) is 0.842. The minimum Gasteiger partial charge on any atom is -0.381 e. The van der Waals surface area contributed by atoms with Gasteiger partial charge in [-0.05, 0) is 49.9 Å². The van der Waals surface area contributed by atoms with E-state index in [2.05, 4.69) is 20.2 Å². The van der Waals surface area contributed by atoms with Crippen LogP contribution in [0.25, 0.3) is 0 Å². The molecule has 1 aliphatic rings. The number of carbonyl (C=O) groups is 1. The molecule has 0 unspecified atom stereocenters. The lowest BCUT2D eigenvalue weighted by Crippen LogP contribution is -2.37. The zero-order chi connectivity index (χ0) is 18.2. The monoisotopic (exact) mass is 354 g/mol. The second-order valence-electron chi connectivity index (χ2n) is 6.51. The molecule has 1 N–H and O–H groups in total. The third-order valence-electron chi connectivity index (χ3n) is 4.73. The molecule has 0 saturated carbocycles. The standard InChI is InChI=1S/C20H26N4O2/c1-26-18-9-13-24(14-10-18)19-8-7-16(15-23-19)20(25)22-12-4-6-17-5-2-3-11-21-17/h2-3,5,7-8,11,15,18H,4,6,9-10,12-14H2,1H3,(H,22,25). The number of amides is 1. The average Bonchev–Trinajstić information content (AvgIpc) is 2.72. The highest BCUT2D eigenvalue weighted by atomic mass is 16.5. The minimum atomic E-state index is -0.0804. The van der Waals surface area contributed by atoms with Crippen LogP contribution < -0.4 is 10.2 Å². The maximum atomic E-state index is 12.2. The summed E-state index contributed by atoms with van der Waals surface area (Å²) in [7, 11) is 1.77. The van der Waals surface area contributed by atoms with Gasteiger partial charge in [0.05, 0.1) is 11.7 Å². The van der Waals surface area contributed by atoms with Crippen LogP contribution >= 0.6 is 0 Å². The van der Waals surface area contributed by atoms with Crippen LogP contribution in [0, 0.1) is 0 Å². The predicted octanol–water partition coefficient (Wildman–Crippen LogP) is 2.45. The molecule has 2 aromatic heterocycles. The van der Waals surface area contributed by atoms with Crippen LogP contribution in [0.15, 0.2) is 42.7 Å². The molecule has 1 fully saturated rings. The Labute approximate surface area is 154 Å². The van der Waals surface area contributed by atoms with Gasteiger partial charge in [-0.25, -0.2) is 4.98 Å². The largest absolute Gasteiger partial charge is 0.381 e. The number of piperidine rings is 1. The van der Waals surface area contributed by atoms with Gasteiger partial charge < -0.3 is 15.0 Å². The number of pyridine rings is 2. The smallest absolute Gasteiger partial charge is 0.252 e. The predicted molar refractivity (Wildman–Crippen MR) is 101 cm³/mol. The Morgan fingerprint density at radius 2 is 2.08 bits per heavy atom. The summed E-state index contributed by atoms with van der Waals surface area (Å²) in [5, 5.41) is 2.94. The van der Waals surface area contributed by atoms with Gasteiger partial charge in [-0.2, -0.15) is 0 Å². The molecule has 3 heterocycles. The van der Waals surface area contributed by atoms with Crippen molar-refractivity contribution in [2.75, 3.05) is 31.6 Å². The number of hydrogen-bond donors (Lipinski definition) is 1. The molecule has 0 atom stereocenters. The van der Waals surface area contributed by atoms with E-state index in [0.717, 1.165) is 50.3 Å². The number of aromatic nitrogens is 2. The Morgan fingerprint density at radius 1 is 1.23 bits per heavy atom. The lowest BCUT2D eigenvalue weighted by atomic mass is 10.1. The number of methoxy groups -OCH3 is 1. The van der Waals surface area contributed by atoms with Crippen LogP contribution in [-0.4, -0.2) is 48.7 Å². The summed E-state index contributed by atoms with van der Waals surface area (Å²) < 4.78 is 5.40. The van der Waals surface area contributed by atoms with Crippen molar-refractivity contribution in [3.8, 4) is 0 Å². The molecule has 1 amide bonds. The Kier molecular flexibility index (Phi) is 6.55. The zero-order valence-corrected chi connectivity index (χ0v) is 15.2. The molecule has 0 radical (unpaired) electrons. The highest BCUT2D eigenvalue weighted by Gasteiger charge is 2.19. The summed E-state index contributed by atoms with van der Waals surface area (Å²) in [6.45, 7) is 2.50. The Balaban J connectivity index is 1.43. The molecule has 26 heavy (non-hydrogen) atoms. The fourth-order valence-electron chi connectivity index (χ4n) is 3.15. The van der Waals surface area contributed by atoms with E-state index in [1.54, 1.807) is 19.5 Å². The van der Waals surface area contributed by atoms with Gasteiger partial charge in [-0.3, -0.25) is 9.78 Å². The van der Waals surface area contributed by atoms with E-state index in [9.17, 15) is 4.79 Å². The molecule has 6 nitrogen and oxygen atoms in total. The van der Waals surface area contributed by atoms with Gasteiger partial charge in [0.2, 0.25) is 0 Å². The molecular weight excluding hydrogens is 328 g/mol. The van der Waals surface area contributed by atoms with E-state index in [0.29, 0.717) is 18.2 Å². The summed E-state index contributed by atoms with van der Waals surface area (Å²) in [5.41, 5.74) is 1.64. The lowest BCUT2D eigenvalue weighted by molar-refractivity contribution is 0.0818. The zero-order valence-electron chi connectivity index (χ0n) is 15.2. The second-order valence-corrected chi connectivity index (χ2v) is 6.51. The molecule has 6 heteroatoms. The maximum absolute atomic E-state index is 12.2. The van der Waals surface area contributed by atoms with Gasteiger partial charge >= 0.3 is 0 Å². The van der Waals surface area contributed by atoms with Crippen molar-refractivity contribution in [2.24, 2.45) is 0 Å². The summed E-state index contributed by atoms with van der Waals surface area (Å²) >= 11 is 0. The summed E-state index contributed by atoms with van der Waals surface area (Å²) in [6, 6.07) is 9.66. The Bertz CT molecular complexity index is 683. The quantitative estimate of drug-likeness (QED) is 0.774. The first-order valence-corrected chi connectivity index (χ1v) is 9.18. The van der Waals surface area contributed by atoms with Crippen molar-refractivity contribution in [3.63, 3.8) is 0 Å². The normalized spacial score (nSPS) is 15.0. The molecule has 0 aromatic carbocycles. The first kappa shape index (κ1) is 18.3. The molecule has 1 aliphatic heterocycles. The van der Waals surface area contributed by atoms with Crippen molar-refractivity contribution in [1.82, 2.24) is 15.3 Å². The molecule has 0 aliphatic carbocycles. The van der Waals surface area contributed by atoms with Gasteiger partial charge in [0.1, 0.15) is 5.82 Å². The first-order chi connectivity index (χ1) is 12.8. The van der Waals surface area contributed by atoms with Crippen LogP contribution in [0.5, 0.6) is 0 Å². The number of anilines is 1. The maximum Gasteiger partial charge on any atom is 0.252 e. The van der Waals surface area contributed by atoms with E-state index in [1.807, 2.05) is 30.3 Å². The second kappa shape index (κ2) is 9.29. The molecular formula is C20H26N4O2. The van der Waals surface area contributed by atoms with E-state index < -0.39 is 0 Å². The number of rotatable bonds is 7. The van der Waals surface area contributed by atoms with Gasteiger partial charge in [0, 0.05) is 44.8 Å². The molecule has 138 valence electrons. The Hall–Kier alpha value is -2.47. The number of nitrogens with zero attached hydrogens (tertiary/aromatic N) is 3. The number of carbonyl (C=O) groups excluding carboxylic acids is 1. The Morgan fingerprint density at radius 3 is 2.73 bits per heavy atom. The third-order valence-corrected chi connectivity index (χ3v) is 4.73. The van der Waals surface area contributed by atoms with Crippen LogP contribution in [-0.2, 0) is 11.2 Å². The molecule has 1 saturated heterocycles. The van der Waals surface area contributed by atoms with Gasteiger partial charge in [0.25, 0.3) is 5.91 Å². The number of aryl methyl sites for hydroxylation is 1. The van der Waals surface area contributed by atoms with Gasteiger partial charge in [-0.1, -0.05) is 6.07 Å². The molecule has 0 bridgehead atoms. The summed E-state index contributed by atoms with van der Waals surface area (Å²) in [4.78, 5) is 23.2. The summed E-state index contributed by atoms with van der Waals surface area (Å²) in [6.07, 6.45) is 7.54. The van der Waals surface area contributed by atoms with Crippen molar-refractivity contribution >= 4 is 11.7 Å². The van der Waals surface area contributed by atoms with Crippen LogP contribution in [0.4, 0.5) is 5.82 Å². The van der Waals surface area contributed by atoms with Crippen LogP contribution in [0.1, 0.15) is 35.3 Å². The van der Waals surface area contributed by atoms with Crippen molar-refractivity contribution in [2.45, 2.75) is 31.8 Å². The fourth-order valence-corrected chi connectivity index (χ4v) is 3.15. The fraction of sp³-hybridized carbons (Fsp3) is 0.450. The molecule has 3 rings (SSSR count). The van der Waals surface area contributed by atoms with Gasteiger partial charge in [0.15, 0.2) is 0 Å². The van der Waals surface area contributed by atoms with Crippen molar-refractivity contribution in [1.29, 1.82) is 0 Å². The van der Waals surface area contributed by atoms with E-state index in [-0.39, 0.29) is 5.91 Å². The molecule has 2 aromatic rings. The third kappa shape index (κ3) is 5.02. The minimum absolute atomic E-state index is 0.0804. The topological polar surface area (TPSA) is 67.3 Å². The van der Waals surface area contributed by atoms with E-state index >= 15 is 0 Å². The highest BCUT2D eigenvalue weighted by molar-refractivity contribution is 5.94. The lowest BCUT2D eigenvalue weighted by Gasteiger charge is -2.32. The van der Waals surface area contributed by atoms with E-state index in [1.165, 1.54) is 0 Å². The SMILES string of the molecule is COC1CCN(c2ccc(C(=O)NCCCc3ccccn3)cn2)CC1. The highest BCUT2D eigenvalue weighted by Crippen LogP contribution is 2.19. The van der Waals surface area contributed by atoms with Crippen molar-refractivity contribution in [3.05, 3.63) is 54.0 Å². The van der Waals surface area contributed by atoms with Crippen LogP contribution in [0.2, 0.25) is 0 Å². The van der Waals surface area contributed by atoms with Crippen molar-refractivity contribution < 1.29 is 9.53 Å². The van der Waals surface area contributed by atoms with Gasteiger partial charge in [-0.15, -0.1) is 0 Å². The first-order valence-electron chi connectivity index (χ1n) is 9.18. The number of nitrogens with one attached hydrogen (secondary N) is 1. The number of hydrogen-bond acceptors (Lipinski definition) is 5. The van der Waals surface area contributed by atoms with E-state index in [4.69, 9.17) is 4.74 Å². The number of ether oxygens (including phenoxy) is 1. The van der Waals surface area contributed by atoms with Crippen LogP contribution in [0.3, 0.4) is 0 Å². The average molecular weight is 354 g/mol.